The number of nitrogens with one attached hydrogen (secondary N) is 2. The average Bonchev–Trinajstić information content (AvgIpc) is 2.82. The topological polar surface area (TPSA) is 67.7 Å². The number of imidazole rings is 1. The fourth-order valence-corrected chi connectivity index (χ4v) is 2.49. The number of nitrogens with zero attached hydrogens (tertiary/aromatic N) is 3. The zero-order valence-electron chi connectivity index (χ0n) is 10.8. The number of rotatable bonds is 3. The van der Waals surface area contributed by atoms with E-state index in [9.17, 15) is 0 Å². The van der Waals surface area contributed by atoms with Crippen molar-refractivity contribution in [2.75, 3.05) is 26.2 Å². The van der Waals surface area contributed by atoms with Gasteiger partial charge in [-0.25, -0.2) is 4.98 Å². The molecule has 3 rings (SSSR count). The van der Waals surface area contributed by atoms with Crippen LogP contribution in [-0.4, -0.2) is 41.0 Å². The predicted molar refractivity (Wildman–Crippen MR) is 73.6 cm³/mol. The number of piperazine rings is 1. The summed E-state index contributed by atoms with van der Waals surface area (Å²) < 4.78 is 0. The molecular weight excluding hydrogens is 238 g/mol. The first kappa shape index (κ1) is 12.2. The summed E-state index contributed by atoms with van der Waals surface area (Å²) in [6.45, 7) is 5.31. The zero-order valence-corrected chi connectivity index (χ0v) is 10.8. The van der Waals surface area contributed by atoms with Gasteiger partial charge in [0.15, 0.2) is 0 Å². The van der Waals surface area contributed by atoms with Crippen molar-refractivity contribution >= 4 is 11.0 Å². The zero-order chi connectivity index (χ0) is 13.1. The van der Waals surface area contributed by atoms with Gasteiger partial charge in [0.1, 0.15) is 5.82 Å². The lowest BCUT2D eigenvalue weighted by molar-refractivity contribution is 0.233. The molecule has 0 spiro atoms. The number of benzene rings is 1. The number of H-pyrrole nitrogens is 1. The van der Waals surface area contributed by atoms with Crippen LogP contribution in [0.5, 0.6) is 0 Å². The van der Waals surface area contributed by atoms with E-state index in [1.165, 1.54) is 5.56 Å². The quantitative estimate of drug-likeness (QED) is 0.859. The highest BCUT2D eigenvalue weighted by atomic mass is 15.2. The highest BCUT2D eigenvalue weighted by Crippen LogP contribution is 2.15. The lowest BCUT2D eigenvalue weighted by Crippen LogP contribution is -2.42. The number of nitriles is 1. The summed E-state index contributed by atoms with van der Waals surface area (Å²) in [7, 11) is 0. The molecule has 0 radical (unpaired) electrons. The Morgan fingerprint density at radius 1 is 1.32 bits per heavy atom. The SMILES string of the molecule is N#CCc1nc2ccc(CN3CCNCC3)cc2[nH]1. The number of hydrogen-bond donors (Lipinski definition) is 2. The average molecular weight is 255 g/mol. The summed E-state index contributed by atoms with van der Waals surface area (Å²) in [5, 5.41) is 12.1. The molecule has 2 aromatic rings. The van der Waals surface area contributed by atoms with Gasteiger partial charge >= 0.3 is 0 Å². The summed E-state index contributed by atoms with van der Waals surface area (Å²) in [6, 6.07) is 8.42. The van der Waals surface area contributed by atoms with Crippen LogP contribution in [-0.2, 0) is 13.0 Å². The van der Waals surface area contributed by atoms with Crippen molar-refractivity contribution in [1.29, 1.82) is 5.26 Å². The first-order chi connectivity index (χ1) is 9.35. The second-order valence-corrected chi connectivity index (χ2v) is 4.90. The van der Waals surface area contributed by atoms with Crippen LogP contribution < -0.4 is 5.32 Å². The molecule has 0 saturated carbocycles. The Morgan fingerprint density at radius 3 is 2.95 bits per heavy atom. The minimum Gasteiger partial charge on any atom is -0.341 e. The molecule has 5 heteroatoms. The predicted octanol–water partition coefficient (Wildman–Crippen LogP) is 1.03. The Bertz CT molecular complexity index is 604. The number of aromatic nitrogens is 2. The Hall–Kier alpha value is -1.90. The largest absolute Gasteiger partial charge is 0.341 e. The molecule has 1 aromatic carbocycles. The lowest BCUT2D eigenvalue weighted by Gasteiger charge is -2.27. The van der Waals surface area contributed by atoms with Crippen molar-refractivity contribution in [1.82, 2.24) is 20.2 Å². The molecule has 1 fully saturated rings. The van der Waals surface area contributed by atoms with Crippen molar-refractivity contribution < 1.29 is 0 Å². The summed E-state index contributed by atoms with van der Waals surface area (Å²) in [5.74, 6) is 0.747. The summed E-state index contributed by atoms with van der Waals surface area (Å²) in [6.07, 6.45) is 0.335. The number of hydrogen-bond acceptors (Lipinski definition) is 4. The third-order valence-corrected chi connectivity index (χ3v) is 3.46. The first-order valence-electron chi connectivity index (χ1n) is 6.63. The van der Waals surface area contributed by atoms with Gasteiger partial charge in [0.2, 0.25) is 0 Å². The van der Waals surface area contributed by atoms with E-state index in [4.69, 9.17) is 5.26 Å². The van der Waals surface area contributed by atoms with Gasteiger partial charge in [-0.05, 0) is 17.7 Å². The summed E-state index contributed by atoms with van der Waals surface area (Å²) in [5.41, 5.74) is 3.26. The molecule has 2 heterocycles. The Morgan fingerprint density at radius 2 is 2.16 bits per heavy atom. The first-order valence-corrected chi connectivity index (χ1v) is 6.63. The molecule has 1 aliphatic heterocycles. The minimum absolute atomic E-state index is 0.335. The van der Waals surface area contributed by atoms with E-state index in [2.05, 4.69) is 38.4 Å². The van der Waals surface area contributed by atoms with E-state index in [0.29, 0.717) is 6.42 Å². The van der Waals surface area contributed by atoms with Gasteiger partial charge in [-0.2, -0.15) is 5.26 Å². The van der Waals surface area contributed by atoms with Crippen LogP contribution in [0.2, 0.25) is 0 Å². The molecule has 1 aliphatic rings. The molecule has 0 unspecified atom stereocenters. The third-order valence-electron chi connectivity index (χ3n) is 3.46. The maximum atomic E-state index is 8.69. The van der Waals surface area contributed by atoms with Crippen molar-refractivity contribution in [3.63, 3.8) is 0 Å². The van der Waals surface area contributed by atoms with Crippen LogP contribution in [0.3, 0.4) is 0 Å². The molecule has 0 amide bonds. The van der Waals surface area contributed by atoms with Crippen molar-refractivity contribution in [2.24, 2.45) is 0 Å². The van der Waals surface area contributed by atoms with Gasteiger partial charge in [0.05, 0.1) is 23.5 Å². The van der Waals surface area contributed by atoms with Crippen molar-refractivity contribution in [2.45, 2.75) is 13.0 Å². The maximum absolute atomic E-state index is 8.69. The van der Waals surface area contributed by atoms with E-state index >= 15 is 0 Å². The Kier molecular flexibility index (Phi) is 3.45. The molecular formula is C14H17N5. The smallest absolute Gasteiger partial charge is 0.121 e. The Labute approximate surface area is 112 Å². The van der Waals surface area contributed by atoms with Crippen LogP contribution in [0.15, 0.2) is 18.2 Å². The van der Waals surface area contributed by atoms with Gasteiger partial charge in [0.25, 0.3) is 0 Å². The van der Waals surface area contributed by atoms with Crippen molar-refractivity contribution in [3.05, 3.63) is 29.6 Å². The lowest BCUT2D eigenvalue weighted by atomic mass is 10.2. The number of aromatic amines is 1. The summed E-state index contributed by atoms with van der Waals surface area (Å²) >= 11 is 0. The maximum Gasteiger partial charge on any atom is 0.121 e. The molecule has 0 bridgehead atoms. The van der Waals surface area contributed by atoms with Gasteiger partial charge in [-0.3, -0.25) is 4.90 Å². The van der Waals surface area contributed by atoms with Crippen LogP contribution in [0, 0.1) is 11.3 Å². The molecule has 1 aromatic heterocycles. The molecule has 0 atom stereocenters. The monoisotopic (exact) mass is 255 g/mol. The molecule has 1 saturated heterocycles. The standard InChI is InChI=1S/C14H17N5/c15-4-3-14-17-12-2-1-11(9-13(12)18-14)10-19-7-5-16-6-8-19/h1-2,9,16H,3,5-8,10H2,(H,17,18). The van der Waals surface area contributed by atoms with E-state index in [1.807, 2.05) is 6.07 Å². The van der Waals surface area contributed by atoms with Gasteiger partial charge < -0.3 is 10.3 Å². The highest BCUT2D eigenvalue weighted by molar-refractivity contribution is 5.75. The van der Waals surface area contributed by atoms with E-state index in [0.717, 1.165) is 49.6 Å². The van der Waals surface area contributed by atoms with Gasteiger partial charge in [-0.15, -0.1) is 0 Å². The van der Waals surface area contributed by atoms with Crippen LogP contribution in [0.4, 0.5) is 0 Å². The fourth-order valence-electron chi connectivity index (χ4n) is 2.49. The van der Waals surface area contributed by atoms with E-state index in [1.54, 1.807) is 0 Å². The number of fused-ring (bicyclic) bond motifs is 1. The molecule has 2 N–H and O–H groups in total. The van der Waals surface area contributed by atoms with Crippen LogP contribution in [0.25, 0.3) is 11.0 Å². The minimum atomic E-state index is 0.335. The van der Waals surface area contributed by atoms with E-state index < -0.39 is 0 Å². The molecule has 98 valence electrons. The van der Waals surface area contributed by atoms with E-state index in [-0.39, 0.29) is 0 Å². The third kappa shape index (κ3) is 2.75. The van der Waals surface area contributed by atoms with Crippen LogP contribution in [0.1, 0.15) is 11.4 Å². The summed E-state index contributed by atoms with van der Waals surface area (Å²) in [4.78, 5) is 10.0. The molecule has 0 aliphatic carbocycles. The van der Waals surface area contributed by atoms with Crippen molar-refractivity contribution in [3.8, 4) is 6.07 Å². The molecule has 19 heavy (non-hydrogen) atoms. The fraction of sp³-hybridized carbons (Fsp3) is 0.429. The second-order valence-electron chi connectivity index (χ2n) is 4.90. The normalized spacial score (nSPS) is 16.6. The second kappa shape index (κ2) is 5.39. The molecule has 5 nitrogen and oxygen atoms in total. The van der Waals surface area contributed by atoms with Gasteiger partial charge in [0, 0.05) is 32.7 Å². The van der Waals surface area contributed by atoms with Gasteiger partial charge in [-0.1, -0.05) is 6.07 Å². The Balaban J connectivity index is 1.78. The highest BCUT2D eigenvalue weighted by Gasteiger charge is 2.10. The van der Waals surface area contributed by atoms with Crippen LogP contribution >= 0.6 is 0 Å².